The molecule has 0 fully saturated rings. The number of aryl methyl sites for hydroxylation is 1. The zero-order chi connectivity index (χ0) is 16.4. The Balaban J connectivity index is 1.88. The summed E-state index contributed by atoms with van der Waals surface area (Å²) in [7, 11) is 0. The smallest absolute Gasteiger partial charge is 0.280 e. The molecule has 3 aromatic rings. The molecule has 116 valence electrons. The number of alkyl halides is 2. The van der Waals surface area contributed by atoms with Gasteiger partial charge in [0.25, 0.3) is 6.43 Å². The van der Waals surface area contributed by atoms with Crippen LogP contribution >= 0.6 is 11.8 Å². The number of pyridine rings is 2. The number of halogens is 2. The van der Waals surface area contributed by atoms with Crippen molar-refractivity contribution >= 4 is 17.4 Å². The van der Waals surface area contributed by atoms with E-state index >= 15 is 0 Å². The van der Waals surface area contributed by atoms with Gasteiger partial charge in [0.2, 0.25) is 0 Å². The van der Waals surface area contributed by atoms with Crippen LogP contribution in [0, 0.1) is 18.3 Å². The third-order valence-electron chi connectivity index (χ3n) is 3.31. The van der Waals surface area contributed by atoms with E-state index in [0.29, 0.717) is 21.9 Å². The van der Waals surface area contributed by atoms with Gasteiger partial charge in [-0.25, -0.2) is 18.7 Å². The largest absolute Gasteiger partial charge is 0.307 e. The first-order chi connectivity index (χ1) is 11.1. The van der Waals surface area contributed by atoms with Gasteiger partial charge in [-0.1, -0.05) is 17.8 Å². The lowest BCUT2D eigenvalue weighted by molar-refractivity contribution is 0.145. The summed E-state index contributed by atoms with van der Waals surface area (Å²) in [6.45, 7) is 1.64. The molecule has 0 radical (unpaired) electrons. The van der Waals surface area contributed by atoms with E-state index in [1.54, 1.807) is 6.92 Å². The Bertz CT molecular complexity index is 866. The topological polar surface area (TPSA) is 54.0 Å². The second kappa shape index (κ2) is 6.34. The van der Waals surface area contributed by atoms with Gasteiger partial charge in [0.1, 0.15) is 22.4 Å². The molecule has 7 heteroatoms. The van der Waals surface area contributed by atoms with Crippen LogP contribution in [0.4, 0.5) is 8.78 Å². The quantitative estimate of drug-likeness (QED) is 0.675. The molecular formula is C16H12F2N4S. The number of hydrogen-bond acceptors (Lipinski definition) is 4. The van der Waals surface area contributed by atoms with Crippen LogP contribution in [-0.4, -0.2) is 14.4 Å². The lowest BCUT2D eigenvalue weighted by Gasteiger charge is -2.08. The van der Waals surface area contributed by atoms with Crippen molar-refractivity contribution in [2.24, 2.45) is 0 Å². The number of nitrogens with zero attached hydrogens (tertiary/aromatic N) is 4. The predicted octanol–water partition coefficient (Wildman–Crippen LogP) is 4.14. The number of rotatable bonds is 4. The molecule has 0 saturated heterocycles. The first-order valence-corrected chi connectivity index (χ1v) is 7.82. The van der Waals surface area contributed by atoms with Crippen LogP contribution < -0.4 is 0 Å². The highest BCUT2D eigenvalue weighted by atomic mass is 32.2. The number of fused-ring (bicyclic) bond motifs is 1. The molecule has 23 heavy (non-hydrogen) atoms. The van der Waals surface area contributed by atoms with E-state index in [2.05, 4.69) is 9.97 Å². The minimum Gasteiger partial charge on any atom is -0.307 e. The van der Waals surface area contributed by atoms with Gasteiger partial charge in [0, 0.05) is 18.1 Å². The van der Waals surface area contributed by atoms with Gasteiger partial charge in [-0.3, -0.25) is 0 Å². The molecule has 0 N–H and O–H groups in total. The average molecular weight is 330 g/mol. The van der Waals surface area contributed by atoms with Crippen molar-refractivity contribution in [1.29, 1.82) is 5.26 Å². The minimum absolute atomic E-state index is 0.306. The summed E-state index contributed by atoms with van der Waals surface area (Å²) < 4.78 is 27.7. The molecule has 0 bridgehead atoms. The highest BCUT2D eigenvalue weighted by Crippen LogP contribution is 2.29. The highest BCUT2D eigenvalue weighted by Gasteiger charge is 2.16. The molecule has 0 aliphatic carbocycles. The number of aromatic nitrogens is 3. The van der Waals surface area contributed by atoms with E-state index < -0.39 is 6.43 Å². The van der Waals surface area contributed by atoms with E-state index in [4.69, 9.17) is 0 Å². The number of nitriles is 1. The maximum Gasteiger partial charge on any atom is 0.280 e. The standard InChI is InChI=1S/C16H12F2N4S/c1-10-6-13(15(17)18)21-16(12(10)7-19)23-9-11-8-22-5-3-2-4-14(22)20-11/h2-6,8,15H,9H2,1H3. The Labute approximate surface area is 135 Å². The molecule has 0 aliphatic heterocycles. The van der Waals surface area contributed by atoms with Crippen LogP contribution in [-0.2, 0) is 5.75 Å². The molecule has 0 aliphatic rings. The number of thioether (sulfide) groups is 1. The van der Waals surface area contributed by atoms with Crippen LogP contribution in [0.15, 0.2) is 41.7 Å². The van der Waals surface area contributed by atoms with Gasteiger partial charge in [-0.05, 0) is 30.7 Å². The predicted molar refractivity (Wildman–Crippen MR) is 83.4 cm³/mol. The van der Waals surface area contributed by atoms with Gasteiger partial charge in [-0.15, -0.1) is 0 Å². The molecular weight excluding hydrogens is 318 g/mol. The summed E-state index contributed by atoms with van der Waals surface area (Å²) in [5, 5.41) is 9.55. The Hall–Kier alpha value is -2.46. The van der Waals surface area contributed by atoms with Crippen LogP contribution in [0.1, 0.15) is 28.9 Å². The average Bonchev–Trinajstić information content (AvgIpc) is 2.95. The van der Waals surface area contributed by atoms with Crippen molar-refractivity contribution in [3.8, 4) is 6.07 Å². The fourth-order valence-electron chi connectivity index (χ4n) is 2.22. The highest BCUT2D eigenvalue weighted by molar-refractivity contribution is 7.98. The SMILES string of the molecule is Cc1cc(C(F)F)nc(SCc2cn3ccccc3n2)c1C#N. The lowest BCUT2D eigenvalue weighted by Crippen LogP contribution is -1.98. The zero-order valence-corrected chi connectivity index (χ0v) is 13.0. The summed E-state index contributed by atoms with van der Waals surface area (Å²) in [6, 6.07) is 8.98. The second-order valence-corrected chi connectivity index (χ2v) is 5.91. The second-order valence-electron chi connectivity index (χ2n) is 4.94. The van der Waals surface area contributed by atoms with Crippen molar-refractivity contribution in [3.63, 3.8) is 0 Å². The van der Waals surface area contributed by atoms with Gasteiger partial charge in [0.15, 0.2) is 0 Å². The molecule has 0 spiro atoms. The number of hydrogen-bond donors (Lipinski definition) is 0. The van der Waals surface area contributed by atoms with Crippen LogP contribution in [0.3, 0.4) is 0 Å². The molecule has 3 rings (SSSR count). The van der Waals surface area contributed by atoms with Crippen molar-refractivity contribution in [2.75, 3.05) is 0 Å². The molecule has 0 unspecified atom stereocenters. The summed E-state index contributed by atoms with van der Waals surface area (Å²) >= 11 is 1.24. The summed E-state index contributed by atoms with van der Waals surface area (Å²) in [5.41, 5.74) is 2.15. The summed E-state index contributed by atoms with van der Waals surface area (Å²) in [5.74, 6) is 0.454. The first-order valence-electron chi connectivity index (χ1n) is 6.83. The fourth-order valence-corrected chi connectivity index (χ4v) is 3.16. The van der Waals surface area contributed by atoms with Gasteiger partial charge in [-0.2, -0.15) is 5.26 Å². The number of imidazole rings is 1. The van der Waals surface area contributed by atoms with E-state index in [9.17, 15) is 14.0 Å². The van der Waals surface area contributed by atoms with E-state index in [-0.39, 0.29) is 5.69 Å². The van der Waals surface area contributed by atoms with Crippen LogP contribution in [0.5, 0.6) is 0 Å². The maximum absolute atomic E-state index is 12.9. The minimum atomic E-state index is -2.66. The fraction of sp³-hybridized carbons (Fsp3) is 0.188. The maximum atomic E-state index is 12.9. The molecule has 3 aromatic heterocycles. The normalized spacial score (nSPS) is 11.1. The summed E-state index contributed by atoms with van der Waals surface area (Å²) in [6.07, 6.45) is 1.10. The molecule has 4 nitrogen and oxygen atoms in total. The first kappa shape index (κ1) is 15.4. The van der Waals surface area contributed by atoms with Crippen LogP contribution in [0.2, 0.25) is 0 Å². The van der Waals surface area contributed by atoms with Crippen molar-refractivity contribution < 1.29 is 8.78 Å². The Morgan fingerprint density at radius 1 is 1.35 bits per heavy atom. The monoisotopic (exact) mass is 330 g/mol. The van der Waals surface area contributed by atoms with Gasteiger partial charge < -0.3 is 4.40 Å². The van der Waals surface area contributed by atoms with Crippen molar-refractivity contribution in [2.45, 2.75) is 24.1 Å². The Morgan fingerprint density at radius 2 is 2.17 bits per heavy atom. The van der Waals surface area contributed by atoms with Crippen molar-refractivity contribution in [3.05, 3.63) is 59.2 Å². The molecule has 0 aromatic carbocycles. The van der Waals surface area contributed by atoms with E-state index in [1.807, 2.05) is 41.1 Å². The third-order valence-corrected chi connectivity index (χ3v) is 4.32. The molecule has 0 amide bonds. The molecule has 0 atom stereocenters. The molecule has 0 saturated carbocycles. The molecule has 3 heterocycles. The third kappa shape index (κ3) is 3.17. The van der Waals surface area contributed by atoms with Gasteiger partial charge in [0.05, 0.1) is 11.3 Å². The zero-order valence-electron chi connectivity index (χ0n) is 12.2. The Morgan fingerprint density at radius 3 is 2.87 bits per heavy atom. The van der Waals surface area contributed by atoms with Crippen molar-refractivity contribution in [1.82, 2.24) is 14.4 Å². The van der Waals surface area contributed by atoms with E-state index in [1.165, 1.54) is 17.8 Å². The van der Waals surface area contributed by atoms with Gasteiger partial charge >= 0.3 is 0 Å². The lowest BCUT2D eigenvalue weighted by atomic mass is 10.1. The van der Waals surface area contributed by atoms with E-state index in [0.717, 1.165) is 11.3 Å². The van der Waals surface area contributed by atoms with Crippen LogP contribution in [0.25, 0.3) is 5.65 Å². The summed E-state index contributed by atoms with van der Waals surface area (Å²) in [4.78, 5) is 8.38. The Kier molecular flexibility index (Phi) is 4.26.